The molecule has 3 nitrogen and oxygen atoms in total. The summed E-state index contributed by atoms with van der Waals surface area (Å²) in [6, 6.07) is 2.82. The minimum atomic E-state index is -1.28. The van der Waals surface area contributed by atoms with E-state index in [1.807, 2.05) is 6.92 Å². The summed E-state index contributed by atoms with van der Waals surface area (Å²) >= 11 is 0. The number of ether oxygens (including phenoxy) is 1. The maximum Gasteiger partial charge on any atom is 0.338 e. The second-order valence-corrected chi connectivity index (χ2v) is 2.82. The summed E-state index contributed by atoms with van der Waals surface area (Å²) in [5.74, 6) is -2.13. The molecule has 0 atom stereocenters. The van der Waals surface area contributed by atoms with Gasteiger partial charge in [0.1, 0.15) is 0 Å². The van der Waals surface area contributed by atoms with Crippen LogP contribution in [0.5, 0.6) is 5.75 Å². The molecular weight excluding hydrogens is 187 g/mol. The number of methoxy groups -OCH3 is 1. The van der Waals surface area contributed by atoms with E-state index in [0.717, 1.165) is 5.56 Å². The Labute approximate surface area is 81.1 Å². The second kappa shape index (κ2) is 4.09. The first-order valence-electron chi connectivity index (χ1n) is 4.19. The number of aryl methyl sites for hydroxylation is 1. The van der Waals surface area contributed by atoms with Crippen LogP contribution in [0.2, 0.25) is 0 Å². The molecule has 0 fully saturated rings. The van der Waals surface area contributed by atoms with Crippen LogP contribution in [0.25, 0.3) is 0 Å². The molecular formula is C10H11FO3. The Hall–Kier alpha value is -1.58. The highest BCUT2D eigenvalue weighted by Crippen LogP contribution is 2.23. The highest BCUT2D eigenvalue weighted by Gasteiger charge is 2.16. The van der Waals surface area contributed by atoms with Gasteiger partial charge in [0, 0.05) is 0 Å². The van der Waals surface area contributed by atoms with Crippen molar-refractivity contribution in [1.29, 1.82) is 0 Å². The Morgan fingerprint density at radius 1 is 1.57 bits per heavy atom. The lowest BCUT2D eigenvalue weighted by atomic mass is 10.1. The molecule has 0 aromatic heterocycles. The van der Waals surface area contributed by atoms with Gasteiger partial charge in [-0.2, -0.15) is 0 Å². The lowest BCUT2D eigenvalue weighted by Crippen LogP contribution is -2.04. The summed E-state index contributed by atoms with van der Waals surface area (Å²) < 4.78 is 18.1. The molecule has 1 aromatic rings. The molecule has 0 unspecified atom stereocenters. The Bertz CT molecular complexity index is 361. The third-order valence-electron chi connectivity index (χ3n) is 1.96. The summed E-state index contributed by atoms with van der Waals surface area (Å²) in [4.78, 5) is 10.7. The van der Waals surface area contributed by atoms with E-state index in [1.54, 1.807) is 0 Å². The minimum absolute atomic E-state index is 0.0262. The summed E-state index contributed by atoms with van der Waals surface area (Å²) in [7, 11) is 1.31. The molecule has 0 heterocycles. The number of hydrogen-bond donors (Lipinski definition) is 1. The van der Waals surface area contributed by atoms with E-state index in [9.17, 15) is 9.18 Å². The average molecular weight is 198 g/mol. The molecule has 14 heavy (non-hydrogen) atoms. The average Bonchev–Trinajstić information content (AvgIpc) is 2.17. The summed E-state index contributed by atoms with van der Waals surface area (Å²) in [5.41, 5.74) is 0.391. The fourth-order valence-corrected chi connectivity index (χ4v) is 1.16. The SMILES string of the molecule is CCc1cc(OC)c(F)c(C(=O)O)c1. The van der Waals surface area contributed by atoms with Crippen molar-refractivity contribution in [2.45, 2.75) is 13.3 Å². The largest absolute Gasteiger partial charge is 0.494 e. The van der Waals surface area contributed by atoms with E-state index in [2.05, 4.69) is 0 Å². The van der Waals surface area contributed by atoms with Crippen LogP contribution in [0, 0.1) is 5.82 Å². The first-order chi connectivity index (χ1) is 6.60. The van der Waals surface area contributed by atoms with E-state index >= 15 is 0 Å². The zero-order valence-corrected chi connectivity index (χ0v) is 8.00. The van der Waals surface area contributed by atoms with Gasteiger partial charge < -0.3 is 9.84 Å². The van der Waals surface area contributed by atoms with Crippen molar-refractivity contribution in [2.24, 2.45) is 0 Å². The number of halogens is 1. The number of carboxylic acids is 1. The van der Waals surface area contributed by atoms with Crippen LogP contribution >= 0.6 is 0 Å². The molecule has 0 bridgehead atoms. The van der Waals surface area contributed by atoms with Crippen molar-refractivity contribution in [3.63, 3.8) is 0 Å². The quantitative estimate of drug-likeness (QED) is 0.808. The maximum atomic E-state index is 13.3. The van der Waals surface area contributed by atoms with Crippen LogP contribution in [-0.4, -0.2) is 18.2 Å². The van der Waals surface area contributed by atoms with Gasteiger partial charge in [-0.3, -0.25) is 0 Å². The van der Waals surface area contributed by atoms with Crippen molar-refractivity contribution in [3.8, 4) is 5.75 Å². The van der Waals surface area contributed by atoms with E-state index < -0.39 is 11.8 Å². The molecule has 0 aliphatic carbocycles. The third kappa shape index (κ3) is 1.84. The van der Waals surface area contributed by atoms with Crippen LogP contribution in [0.1, 0.15) is 22.8 Å². The van der Waals surface area contributed by atoms with Crippen molar-refractivity contribution < 1.29 is 19.0 Å². The summed E-state index contributed by atoms with van der Waals surface area (Å²) in [6.45, 7) is 1.86. The van der Waals surface area contributed by atoms with Gasteiger partial charge in [0.15, 0.2) is 11.6 Å². The van der Waals surface area contributed by atoms with Gasteiger partial charge in [-0.15, -0.1) is 0 Å². The number of benzene rings is 1. The maximum absolute atomic E-state index is 13.3. The Morgan fingerprint density at radius 3 is 2.64 bits per heavy atom. The van der Waals surface area contributed by atoms with Crippen molar-refractivity contribution in [1.82, 2.24) is 0 Å². The smallest absolute Gasteiger partial charge is 0.338 e. The van der Waals surface area contributed by atoms with E-state index in [1.165, 1.54) is 19.2 Å². The Morgan fingerprint density at radius 2 is 2.21 bits per heavy atom. The highest BCUT2D eigenvalue weighted by molar-refractivity contribution is 5.88. The third-order valence-corrected chi connectivity index (χ3v) is 1.96. The predicted octanol–water partition coefficient (Wildman–Crippen LogP) is 2.09. The molecule has 1 N–H and O–H groups in total. The lowest BCUT2D eigenvalue weighted by Gasteiger charge is -2.07. The lowest BCUT2D eigenvalue weighted by molar-refractivity contribution is 0.0691. The van der Waals surface area contributed by atoms with Crippen molar-refractivity contribution in [2.75, 3.05) is 7.11 Å². The Balaban J connectivity index is 3.34. The van der Waals surface area contributed by atoms with Crippen molar-refractivity contribution >= 4 is 5.97 Å². The Kier molecular flexibility index (Phi) is 3.06. The van der Waals surface area contributed by atoms with Gasteiger partial charge >= 0.3 is 5.97 Å². The van der Waals surface area contributed by atoms with Crippen LogP contribution in [0.15, 0.2) is 12.1 Å². The van der Waals surface area contributed by atoms with Crippen molar-refractivity contribution in [3.05, 3.63) is 29.1 Å². The first-order valence-corrected chi connectivity index (χ1v) is 4.19. The van der Waals surface area contributed by atoms with Crippen LogP contribution in [-0.2, 0) is 6.42 Å². The zero-order chi connectivity index (χ0) is 10.7. The van der Waals surface area contributed by atoms with E-state index in [4.69, 9.17) is 9.84 Å². The highest BCUT2D eigenvalue weighted by atomic mass is 19.1. The monoisotopic (exact) mass is 198 g/mol. The van der Waals surface area contributed by atoms with E-state index in [-0.39, 0.29) is 11.3 Å². The van der Waals surface area contributed by atoms with Gasteiger partial charge in [0.25, 0.3) is 0 Å². The fourth-order valence-electron chi connectivity index (χ4n) is 1.16. The second-order valence-electron chi connectivity index (χ2n) is 2.82. The number of carboxylic acid groups (broad SMARTS) is 1. The topological polar surface area (TPSA) is 46.5 Å². The summed E-state index contributed by atoms with van der Waals surface area (Å²) in [5, 5.41) is 8.71. The standard InChI is InChI=1S/C10H11FO3/c1-3-6-4-7(10(12)13)9(11)8(5-6)14-2/h4-5H,3H2,1-2H3,(H,12,13). The molecule has 0 aliphatic heterocycles. The van der Waals surface area contributed by atoms with Crippen LogP contribution in [0.4, 0.5) is 4.39 Å². The predicted molar refractivity (Wildman–Crippen MR) is 49.3 cm³/mol. The normalized spacial score (nSPS) is 9.93. The molecule has 4 heteroatoms. The number of hydrogen-bond acceptors (Lipinski definition) is 2. The fraction of sp³-hybridized carbons (Fsp3) is 0.300. The van der Waals surface area contributed by atoms with Crippen LogP contribution in [0.3, 0.4) is 0 Å². The van der Waals surface area contributed by atoms with E-state index in [0.29, 0.717) is 6.42 Å². The number of aromatic carboxylic acids is 1. The molecule has 0 aliphatic rings. The minimum Gasteiger partial charge on any atom is -0.494 e. The number of rotatable bonds is 3. The molecule has 1 rings (SSSR count). The molecule has 0 radical (unpaired) electrons. The van der Waals surface area contributed by atoms with Gasteiger partial charge in [-0.25, -0.2) is 9.18 Å². The van der Waals surface area contributed by atoms with Gasteiger partial charge in [0.05, 0.1) is 12.7 Å². The molecule has 0 spiro atoms. The first kappa shape index (κ1) is 10.5. The van der Waals surface area contributed by atoms with Gasteiger partial charge in [0.2, 0.25) is 0 Å². The molecule has 76 valence electrons. The molecule has 0 saturated carbocycles. The summed E-state index contributed by atoms with van der Waals surface area (Å²) in [6.07, 6.45) is 0.636. The molecule has 0 amide bonds. The van der Waals surface area contributed by atoms with Gasteiger partial charge in [-0.05, 0) is 24.1 Å². The number of carbonyl (C=O) groups is 1. The molecule has 0 saturated heterocycles. The zero-order valence-electron chi connectivity index (χ0n) is 8.00. The van der Waals surface area contributed by atoms with Gasteiger partial charge in [-0.1, -0.05) is 6.92 Å². The molecule has 1 aromatic carbocycles. The van der Waals surface area contributed by atoms with Crippen LogP contribution < -0.4 is 4.74 Å².